The molecule has 0 spiro atoms. The predicted octanol–water partition coefficient (Wildman–Crippen LogP) is 3.93. The third kappa shape index (κ3) is 5.44. The zero-order valence-corrected chi connectivity index (χ0v) is 22.7. The fraction of sp³-hybridized carbons (Fsp3) is 0.464. The van der Waals surface area contributed by atoms with Gasteiger partial charge in [-0.25, -0.2) is 14.8 Å². The topological polar surface area (TPSA) is 103 Å². The highest BCUT2D eigenvalue weighted by atomic mass is 16.6. The maximum absolute atomic E-state index is 12.7. The highest BCUT2D eigenvalue weighted by molar-refractivity contribution is 5.68. The summed E-state index contributed by atoms with van der Waals surface area (Å²) in [4.78, 5) is 30.6. The maximum Gasteiger partial charge on any atom is 0.410 e. The molecule has 11 nitrogen and oxygen atoms in total. The monoisotopic (exact) mass is 530 g/mol. The van der Waals surface area contributed by atoms with Gasteiger partial charge in [0.15, 0.2) is 5.65 Å². The van der Waals surface area contributed by atoms with Crippen LogP contribution in [0.15, 0.2) is 49.2 Å². The Bertz CT molecular complexity index is 1450. The Labute approximate surface area is 227 Å². The maximum atomic E-state index is 12.7. The summed E-state index contributed by atoms with van der Waals surface area (Å²) in [5, 5.41) is 4.89. The van der Waals surface area contributed by atoms with Gasteiger partial charge < -0.3 is 19.3 Å². The van der Waals surface area contributed by atoms with Gasteiger partial charge in [-0.05, 0) is 45.7 Å². The van der Waals surface area contributed by atoms with E-state index in [-0.39, 0.29) is 12.0 Å². The number of carbonyl (C=O) groups excluding carboxylic acids is 1. The highest BCUT2D eigenvalue weighted by Gasteiger charge is 2.29. The average Bonchev–Trinajstić information content (AvgIpc) is 3.61. The van der Waals surface area contributed by atoms with Crippen molar-refractivity contribution in [2.24, 2.45) is 0 Å². The Morgan fingerprint density at radius 3 is 2.67 bits per heavy atom. The summed E-state index contributed by atoms with van der Waals surface area (Å²) in [7, 11) is 0. The van der Waals surface area contributed by atoms with Crippen LogP contribution in [0.25, 0.3) is 22.7 Å². The van der Waals surface area contributed by atoms with Crippen LogP contribution in [0.4, 0.5) is 10.6 Å². The van der Waals surface area contributed by atoms with E-state index in [4.69, 9.17) is 24.5 Å². The van der Waals surface area contributed by atoms with Crippen molar-refractivity contribution in [3.63, 3.8) is 0 Å². The van der Waals surface area contributed by atoms with Crippen molar-refractivity contribution in [1.82, 2.24) is 34.0 Å². The third-order valence-electron chi connectivity index (χ3n) is 7.06. The van der Waals surface area contributed by atoms with Crippen molar-refractivity contribution >= 4 is 17.6 Å². The minimum atomic E-state index is -0.515. The summed E-state index contributed by atoms with van der Waals surface area (Å²) in [6.45, 7) is 9.87. The SMILES string of the molecule is CC(C)(C)OC(=O)N1CCCC(c2cn(-c3cc(N4CCOCC4)n4nc(-c5ccncc5)cc4n3)cn2)C1. The summed E-state index contributed by atoms with van der Waals surface area (Å²) >= 11 is 0. The number of fused-ring (bicyclic) bond motifs is 1. The Morgan fingerprint density at radius 1 is 1.10 bits per heavy atom. The molecule has 1 unspecified atom stereocenters. The lowest BCUT2D eigenvalue weighted by atomic mass is 9.95. The normalized spacial score (nSPS) is 18.5. The molecule has 2 fully saturated rings. The molecular weight excluding hydrogens is 496 g/mol. The van der Waals surface area contributed by atoms with Crippen molar-refractivity contribution in [2.45, 2.75) is 45.1 Å². The minimum absolute atomic E-state index is 0.142. The minimum Gasteiger partial charge on any atom is -0.444 e. The molecular formula is C28H34N8O3. The second-order valence-electron chi connectivity index (χ2n) is 11.1. The Hall–Kier alpha value is -3.99. The predicted molar refractivity (Wildman–Crippen MR) is 146 cm³/mol. The molecule has 2 aliphatic heterocycles. The van der Waals surface area contributed by atoms with Gasteiger partial charge in [0.05, 0.1) is 24.6 Å². The van der Waals surface area contributed by atoms with E-state index >= 15 is 0 Å². The second kappa shape index (κ2) is 10.3. The van der Waals surface area contributed by atoms with Gasteiger partial charge in [-0.2, -0.15) is 9.61 Å². The van der Waals surface area contributed by atoms with Crippen LogP contribution in [-0.4, -0.2) is 85.1 Å². The van der Waals surface area contributed by atoms with Crippen LogP contribution < -0.4 is 4.90 Å². The quantitative estimate of drug-likeness (QED) is 0.391. The largest absolute Gasteiger partial charge is 0.444 e. The number of aromatic nitrogens is 6. The van der Waals surface area contributed by atoms with E-state index in [1.807, 2.05) is 60.6 Å². The first kappa shape index (κ1) is 25.3. The zero-order valence-electron chi connectivity index (χ0n) is 22.7. The highest BCUT2D eigenvalue weighted by Crippen LogP contribution is 2.29. The van der Waals surface area contributed by atoms with E-state index in [9.17, 15) is 4.79 Å². The van der Waals surface area contributed by atoms with E-state index in [0.29, 0.717) is 26.3 Å². The molecule has 1 atom stereocenters. The summed E-state index contributed by atoms with van der Waals surface area (Å²) in [6, 6.07) is 7.95. The number of morpholine rings is 1. The lowest BCUT2D eigenvalue weighted by Crippen LogP contribution is -2.42. The van der Waals surface area contributed by atoms with Crippen LogP contribution in [0.3, 0.4) is 0 Å². The number of anilines is 1. The van der Waals surface area contributed by atoms with Crippen LogP contribution in [0, 0.1) is 0 Å². The number of hydrogen-bond acceptors (Lipinski definition) is 8. The first-order chi connectivity index (χ1) is 18.8. The molecule has 0 aromatic carbocycles. The van der Waals surface area contributed by atoms with Crippen LogP contribution in [0.5, 0.6) is 0 Å². The van der Waals surface area contributed by atoms with Crippen LogP contribution >= 0.6 is 0 Å². The molecule has 1 amide bonds. The fourth-order valence-corrected chi connectivity index (χ4v) is 5.14. The molecule has 2 aliphatic rings. The van der Waals surface area contributed by atoms with E-state index < -0.39 is 5.60 Å². The number of likely N-dealkylation sites (tertiary alicyclic amines) is 1. The van der Waals surface area contributed by atoms with E-state index in [1.54, 1.807) is 17.3 Å². The van der Waals surface area contributed by atoms with Gasteiger partial charge >= 0.3 is 6.09 Å². The first-order valence-electron chi connectivity index (χ1n) is 13.5. The van der Waals surface area contributed by atoms with Gasteiger partial charge in [-0.3, -0.25) is 9.55 Å². The number of carbonyl (C=O) groups is 1. The lowest BCUT2D eigenvalue weighted by molar-refractivity contribution is 0.0197. The van der Waals surface area contributed by atoms with Gasteiger partial charge in [-0.15, -0.1) is 0 Å². The second-order valence-corrected chi connectivity index (χ2v) is 11.1. The van der Waals surface area contributed by atoms with Gasteiger partial charge in [0.2, 0.25) is 0 Å². The van der Waals surface area contributed by atoms with Crippen LogP contribution in [-0.2, 0) is 9.47 Å². The average molecular weight is 531 g/mol. The number of imidazole rings is 1. The smallest absolute Gasteiger partial charge is 0.410 e. The Balaban J connectivity index is 1.31. The molecule has 204 valence electrons. The number of amides is 1. The van der Waals surface area contributed by atoms with Gasteiger partial charge in [0.1, 0.15) is 23.6 Å². The summed E-state index contributed by atoms with van der Waals surface area (Å²) < 4.78 is 15.1. The summed E-state index contributed by atoms with van der Waals surface area (Å²) in [5.41, 5.74) is 3.02. The molecule has 2 saturated heterocycles. The van der Waals surface area contributed by atoms with Crippen molar-refractivity contribution in [3.8, 4) is 17.1 Å². The Kier molecular flexibility index (Phi) is 6.68. The number of pyridine rings is 1. The van der Waals surface area contributed by atoms with Crippen LogP contribution in [0.2, 0.25) is 0 Å². The molecule has 4 aromatic rings. The molecule has 11 heteroatoms. The fourth-order valence-electron chi connectivity index (χ4n) is 5.14. The summed E-state index contributed by atoms with van der Waals surface area (Å²) in [5.74, 6) is 1.87. The van der Waals surface area contributed by atoms with Gasteiger partial charge in [0.25, 0.3) is 0 Å². The van der Waals surface area contributed by atoms with Crippen molar-refractivity contribution in [3.05, 3.63) is 54.9 Å². The molecule has 0 saturated carbocycles. The first-order valence-corrected chi connectivity index (χ1v) is 13.5. The Morgan fingerprint density at radius 2 is 1.90 bits per heavy atom. The number of ether oxygens (including phenoxy) is 2. The molecule has 0 radical (unpaired) electrons. The molecule has 6 rings (SSSR count). The lowest BCUT2D eigenvalue weighted by Gasteiger charge is -2.33. The number of nitrogens with zero attached hydrogens (tertiary/aromatic N) is 8. The van der Waals surface area contributed by atoms with Crippen molar-refractivity contribution in [1.29, 1.82) is 0 Å². The van der Waals surface area contributed by atoms with E-state index in [2.05, 4.69) is 16.0 Å². The van der Waals surface area contributed by atoms with Gasteiger partial charge in [0, 0.05) is 68.4 Å². The standard InChI is InChI=1S/C28H34N8O3/c1-28(2,3)39-27(37)34-10-4-5-21(17-34)23-18-35(19-30-23)24-16-26(33-11-13-38-14-12-33)36-25(31-24)15-22(32-36)20-6-8-29-9-7-20/h6-9,15-16,18-19,21H,4-5,10-14,17H2,1-3H3. The molecule has 4 aromatic heterocycles. The molecule has 0 N–H and O–H groups in total. The number of piperidine rings is 1. The summed E-state index contributed by atoms with van der Waals surface area (Å²) in [6.07, 6.45) is 9.00. The van der Waals surface area contributed by atoms with Gasteiger partial charge in [-0.1, -0.05) is 0 Å². The molecule has 39 heavy (non-hydrogen) atoms. The zero-order chi connectivity index (χ0) is 27.0. The molecule has 0 aliphatic carbocycles. The third-order valence-corrected chi connectivity index (χ3v) is 7.06. The van der Waals surface area contributed by atoms with Crippen molar-refractivity contribution < 1.29 is 14.3 Å². The number of hydrogen-bond donors (Lipinski definition) is 0. The van der Waals surface area contributed by atoms with Crippen molar-refractivity contribution in [2.75, 3.05) is 44.3 Å². The van der Waals surface area contributed by atoms with E-state index in [1.165, 1.54) is 0 Å². The van der Waals surface area contributed by atoms with Crippen LogP contribution in [0.1, 0.15) is 45.2 Å². The van der Waals surface area contributed by atoms with E-state index in [0.717, 1.165) is 60.2 Å². The molecule has 6 heterocycles. The molecule has 0 bridgehead atoms. The number of rotatable bonds is 4.